The van der Waals surface area contributed by atoms with Gasteiger partial charge in [-0.2, -0.15) is 39.5 Å². The lowest BCUT2D eigenvalue weighted by molar-refractivity contribution is -0.143. The van der Waals surface area contributed by atoms with E-state index < -0.39 is 41.5 Å². The lowest BCUT2D eigenvalue weighted by Gasteiger charge is -2.39. The third kappa shape index (κ3) is 8.38. The average molecular weight is 660 g/mol. The van der Waals surface area contributed by atoms with Gasteiger partial charge in [0.2, 0.25) is 0 Å². The van der Waals surface area contributed by atoms with Crippen molar-refractivity contribution in [1.29, 1.82) is 0 Å². The van der Waals surface area contributed by atoms with E-state index >= 15 is 0 Å². The highest BCUT2D eigenvalue weighted by Gasteiger charge is 2.39. The van der Waals surface area contributed by atoms with Crippen LogP contribution in [0.2, 0.25) is 0 Å². The number of nitrogens with zero attached hydrogens (tertiary/aromatic N) is 2. The van der Waals surface area contributed by atoms with Gasteiger partial charge in [-0.15, -0.1) is 0 Å². The van der Waals surface area contributed by atoms with E-state index in [9.17, 15) is 39.5 Å². The first-order valence-electron chi connectivity index (χ1n) is 10.4. The molecule has 36 heavy (non-hydrogen) atoms. The van der Waals surface area contributed by atoms with E-state index in [0.29, 0.717) is 6.07 Å². The molecule has 2 aromatic heterocycles. The second kappa shape index (κ2) is 11.3. The van der Waals surface area contributed by atoms with Crippen molar-refractivity contribution < 1.29 is 39.5 Å². The number of hydrogen-bond acceptors (Lipinski definition) is 4. The zero-order valence-electron chi connectivity index (χ0n) is 18.8. The quantitative estimate of drug-likeness (QED) is 0.315. The number of nitrogens with one attached hydrogen (secondary N) is 2. The van der Waals surface area contributed by atoms with Crippen molar-refractivity contribution in [2.24, 2.45) is 0 Å². The van der Waals surface area contributed by atoms with Crippen molar-refractivity contribution in [2.45, 2.75) is 69.6 Å². The van der Waals surface area contributed by atoms with Crippen LogP contribution in [-0.2, 0) is 12.4 Å². The van der Waals surface area contributed by atoms with E-state index in [4.69, 9.17) is 0 Å². The van der Waals surface area contributed by atoms with E-state index in [1.54, 1.807) is 0 Å². The first-order chi connectivity index (χ1) is 16.4. The Kier molecular flexibility index (Phi) is 9.57. The van der Waals surface area contributed by atoms with Crippen LogP contribution in [0, 0.1) is 0 Å². The van der Waals surface area contributed by atoms with Gasteiger partial charge < -0.3 is 10.6 Å². The van der Waals surface area contributed by atoms with E-state index in [2.05, 4.69) is 47.1 Å². The number of halogens is 11. The van der Waals surface area contributed by atoms with Crippen LogP contribution in [0.5, 0.6) is 0 Å². The maximum absolute atomic E-state index is 12.7. The third-order valence-electron chi connectivity index (χ3n) is 5.33. The first kappa shape index (κ1) is 30.5. The van der Waals surface area contributed by atoms with Crippen molar-refractivity contribution in [3.05, 3.63) is 44.6 Å². The molecule has 0 amide bonds. The van der Waals surface area contributed by atoms with Crippen LogP contribution in [-0.4, -0.2) is 27.7 Å². The average Bonchev–Trinajstić information content (AvgIpc) is 2.71. The van der Waals surface area contributed by atoms with Crippen LogP contribution in [0.3, 0.4) is 0 Å². The fourth-order valence-corrected chi connectivity index (χ4v) is 4.08. The minimum Gasteiger partial charge on any atom is -0.365 e. The topological polar surface area (TPSA) is 49.8 Å². The van der Waals surface area contributed by atoms with Gasteiger partial charge in [-0.1, -0.05) is 6.92 Å². The van der Waals surface area contributed by atoms with E-state index in [-0.39, 0.29) is 26.7 Å². The van der Waals surface area contributed by atoms with E-state index in [1.165, 1.54) is 13.1 Å². The molecule has 0 spiro atoms. The van der Waals surface area contributed by atoms with Crippen LogP contribution >= 0.6 is 31.9 Å². The fourth-order valence-electron chi connectivity index (χ4n) is 3.19. The Morgan fingerprint density at radius 2 is 1.31 bits per heavy atom. The maximum atomic E-state index is 12.7. The van der Waals surface area contributed by atoms with Gasteiger partial charge in [0.05, 0.1) is 11.1 Å². The molecule has 0 saturated heterocycles. The molecular formula is C21H21Br2F9N4. The van der Waals surface area contributed by atoms with Crippen LogP contribution < -0.4 is 10.6 Å². The monoisotopic (exact) mass is 658 g/mol. The zero-order valence-corrected chi connectivity index (χ0v) is 21.9. The van der Waals surface area contributed by atoms with Crippen LogP contribution in [0.15, 0.2) is 33.5 Å². The predicted molar refractivity (Wildman–Crippen MR) is 124 cm³/mol. The predicted octanol–water partition coefficient (Wildman–Crippen LogP) is 8.83. The molecular weight excluding hydrogens is 639 g/mol. The van der Waals surface area contributed by atoms with Gasteiger partial charge in [0.25, 0.3) is 0 Å². The van der Waals surface area contributed by atoms with Crippen LogP contribution in [0.25, 0.3) is 0 Å². The van der Waals surface area contributed by atoms with Gasteiger partial charge >= 0.3 is 18.5 Å². The molecule has 2 aromatic rings. The Bertz CT molecular complexity index is 1040. The highest BCUT2D eigenvalue weighted by molar-refractivity contribution is 9.10. The molecule has 0 aromatic carbocycles. The number of pyridine rings is 2. The summed E-state index contributed by atoms with van der Waals surface area (Å²) in [5, 5.41) is 5.01. The SMILES string of the molecule is CC1(Nc2cc(C(F)(F)F)c(Br)cn2)CCC1.CC[C@H](Nc1cc(C(F)(F)F)c(Br)cn1)C(F)(F)F. The summed E-state index contributed by atoms with van der Waals surface area (Å²) in [6.45, 7) is 3.27. The molecule has 1 aliphatic rings. The summed E-state index contributed by atoms with van der Waals surface area (Å²) in [7, 11) is 0. The Hall–Kier alpha value is -1.77. The fraction of sp³-hybridized carbons (Fsp3) is 0.524. The molecule has 0 bridgehead atoms. The van der Waals surface area contributed by atoms with Crippen LogP contribution in [0.4, 0.5) is 51.1 Å². The number of anilines is 2. The molecule has 202 valence electrons. The summed E-state index contributed by atoms with van der Waals surface area (Å²) in [6, 6.07) is -0.353. The molecule has 1 aliphatic carbocycles. The van der Waals surface area contributed by atoms with Gasteiger partial charge in [0.1, 0.15) is 17.7 Å². The largest absolute Gasteiger partial charge is 0.417 e. The standard InChI is InChI=1S/C11H12BrF3N2.C10H9BrF6N2/c1-10(3-2-4-10)17-9-5-7(11(13,14)15)8(12)6-16-9;1-2-7(10(15,16)17)19-8-3-5(9(12,13)14)6(11)4-18-8/h5-6H,2-4H2,1H3,(H,16,17);3-4,7H,2H2,1H3,(H,18,19)/t;7-/m.0/s1. The van der Waals surface area contributed by atoms with Crippen molar-refractivity contribution in [3.63, 3.8) is 0 Å². The Morgan fingerprint density at radius 3 is 1.67 bits per heavy atom. The Morgan fingerprint density at radius 1 is 0.861 bits per heavy atom. The van der Waals surface area contributed by atoms with Gasteiger partial charge in [-0.25, -0.2) is 9.97 Å². The zero-order chi connectivity index (χ0) is 27.5. The number of aromatic nitrogens is 2. The van der Waals surface area contributed by atoms with Gasteiger partial charge in [-0.3, -0.25) is 0 Å². The van der Waals surface area contributed by atoms with Crippen molar-refractivity contribution in [3.8, 4) is 0 Å². The van der Waals surface area contributed by atoms with Gasteiger partial charge in [0.15, 0.2) is 0 Å². The van der Waals surface area contributed by atoms with E-state index in [0.717, 1.165) is 31.5 Å². The van der Waals surface area contributed by atoms with Gasteiger partial charge in [0, 0.05) is 26.9 Å². The van der Waals surface area contributed by atoms with Crippen molar-refractivity contribution >= 4 is 43.5 Å². The molecule has 15 heteroatoms. The van der Waals surface area contributed by atoms with Crippen LogP contribution in [0.1, 0.15) is 50.7 Å². The molecule has 4 nitrogen and oxygen atoms in total. The second-order valence-corrected chi connectivity index (χ2v) is 9.99. The molecule has 3 rings (SSSR count). The summed E-state index contributed by atoms with van der Waals surface area (Å²) in [5.41, 5.74) is -1.89. The molecule has 0 aliphatic heterocycles. The number of hydrogen-bond donors (Lipinski definition) is 2. The molecule has 2 heterocycles. The van der Waals surface area contributed by atoms with E-state index in [1.807, 2.05) is 12.2 Å². The summed E-state index contributed by atoms with van der Waals surface area (Å²) < 4.78 is 113. The summed E-state index contributed by atoms with van der Waals surface area (Å²) in [5.74, 6) is -0.192. The maximum Gasteiger partial charge on any atom is 0.417 e. The molecule has 1 fully saturated rings. The lowest BCUT2D eigenvalue weighted by Crippen LogP contribution is -2.41. The number of rotatable bonds is 5. The van der Waals surface area contributed by atoms with Gasteiger partial charge in [-0.05, 0) is 76.6 Å². The normalized spacial score (nSPS) is 16.4. The highest BCUT2D eigenvalue weighted by Crippen LogP contribution is 2.39. The second-order valence-electron chi connectivity index (χ2n) is 8.28. The Balaban J connectivity index is 0.000000255. The number of alkyl halides is 9. The highest BCUT2D eigenvalue weighted by atomic mass is 79.9. The summed E-state index contributed by atoms with van der Waals surface area (Å²) in [4.78, 5) is 7.46. The minimum absolute atomic E-state index is 0.0330. The third-order valence-corrected chi connectivity index (χ3v) is 6.60. The molecule has 0 radical (unpaired) electrons. The molecule has 0 unspecified atom stereocenters. The first-order valence-corrected chi connectivity index (χ1v) is 12.0. The lowest BCUT2D eigenvalue weighted by atomic mass is 9.78. The summed E-state index contributed by atoms with van der Waals surface area (Å²) >= 11 is 5.52. The molecule has 2 N–H and O–H groups in total. The van der Waals surface area contributed by atoms with Crippen molar-refractivity contribution in [2.75, 3.05) is 10.6 Å². The molecule has 1 saturated carbocycles. The molecule has 1 atom stereocenters. The Labute approximate surface area is 217 Å². The minimum atomic E-state index is -4.67. The summed E-state index contributed by atoms with van der Waals surface area (Å²) in [6.07, 6.45) is -8.87. The smallest absolute Gasteiger partial charge is 0.365 e. The van der Waals surface area contributed by atoms with Crippen molar-refractivity contribution in [1.82, 2.24) is 9.97 Å².